The van der Waals surface area contributed by atoms with E-state index < -0.39 is 21.3 Å². The predicted molar refractivity (Wildman–Crippen MR) is 58.6 cm³/mol. The Morgan fingerprint density at radius 1 is 1.44 bits per heavy atom. The Kier molecular flexibility index (Phi) is 2.99. The average Bonchev–Trinajstić information content (AvgIpc) is 2.34. The van der Waals surface area contributed by atoms with Crippen LogP contribution < -0.4 is 0 Å². The van der Waals surface area contributed by atoms with Gasteiger partial charge in [0.1, 0.15) is 5.78 Å². The molecule has 2 bridgehead atoms. The number of hydrogen-bond donors (Lipinski definition) is 1. The number of rotatable bonds is 2. The van der Waals surface area contributed by atoms with Crippen LogP contribution in [0.5, 0.6) is 0 Å². The van der Waals surface area contributed by atoms with Crippen molar-refractivity contribution in [3.8, 4) is 0 Å². The molecular formula is C10H18O5S. The molecule has 2 fully saturated rings. The molecule has 0 heterocycles. The normalized spacial score (nSPS) is 36.2. The number of carbonyl (C=O) groups excluding carboxylic acids is 1. The van der Waals surface area contributed by atoms with Crippen LogP contribution in [-0.2, 0) is 14.9 Å². The fraction of sp³-hybridized carbons (Fsp3) is 0.900. The second kappa shape index (κ2) is 3.51. The predicted octanol–water partition coefficient (Wildman–Crippen LogP) is 0.445. The molecule has 0 aromatic carbocycles. The second-order valence-electron chi connectivity index (χ2n) is 5.39. The quantitative estimate of drug-likeness (QED) is 0.718. The van der Waals surface area contributed by atoms with Gasteiger partial charge in [-0.1, -0.05) is 13.8 Å². The summed E-state index contributed by atoms with van der Waals surface area (Å²) in [7, 11) is -4.08. The second-order valence-corrected chi connectivity index (χ2v) is 6.85. The molecule has 2 aliphatic rings. The lowest BCUT2D eigenvalue weighted by Gasteiger charge is -2.35. The third kappa shape index (κ3) is 1.59. The van der Waals surface area contributed by atoms with E-state index in [1.807, 2.05) is 13.8 Å². The Bertz CT molecular complexity index is 411. The van der Waals surface area contributed by atoms with Crippen LogP contribution in [0.3, 0.4) is 0 Å². The van der Waals surface area contributed by atoms with Gasteiger partial charge in [0.05, 0.1) is 11.2 Å². The first-order valence-electron chi connectivity index (χ1n) is 5.17. The van der Waals surface area contributed by atoms with E-state index in [-0.39, 0.29) is 22.6 Å². The molecule has 0 aromatic heterocycles. The number of fused-ring (bicyclic) bond motifs is 2. The molecule has 2 rings (SSSR count). The van der Waals surface area contributed by atoms with E-state index in [1.54, 1.807) is 0 Å². The molecule has 0 radical (unpaired) electrons. The van der Waals surface area contributed by atoms with Crippen LogP contribution in [0.25, 0.3) is 0 Å². The minimum atomic E-state index is -4.08. The topological polar surface area (TPSA) is 103 Å². The molecule has 0 saturated heterocycles. The van der Waals surface area contributed by atoms with Crippen LogP contribution in [0.15, 0.2) is 0 Å². The van der Waals surface area contributed by atoms with Gasteiger partial charge in [0.25, 0.3) is 10.1 Å². The van der Waals surface area contributed by atoms with Crippen molar-refractivity contribution in [2.24, 2.45) is 16.7 Å². The van der Waals surface area contributed by atoms with Gasteiger partial charge >= 0.3 is 0 Å². The Morgan fingerprint density at radius 3 is 2.31 bits per heavy atom. The standard InChI is InChI=1S/C10H16O4S.H2O/c1-9(2)7-3-4-10(9,8(11)5-7)6-15(12,13)14;/h7H,3-6H2,1-2H3,(H,12,13,14);1H2/t7-,10+;/m0./s1. The van der Waals surface area contributed by atoms with Crippen LogP contribution in [0.1, 0.15) is 33.1 Å². The molecular weight excluding hydrogens is 232 g/mol. The molecule has 94 valence electrons. The number of carbonyl (C=O) groups is 1. The summed E-state index contributed by atoms with van der Waals surface area (Å²) in [6.07, 6.45) is 1.97. The smallest absolute Gasteiger partial charge is 0.265 e. The third-order valence-corrected chi connectivity index (χ3v) is 5.43. The zero-order valence-electron chi connectivity index (χ0n) is 9.49. The van der Waals surface area contributed by atoms with Crippen molar-refractivity contribution >= 4 is 15.9 Å². The van der Waals surface area contributed by atoms with Gasteiger partial charge in [0.15, 0.2) is 0 Å². The summed E-state index contributed by atoms with van der Waals surface area (Å²) < 4.78 is 31.0. The molecule has 0 amide bonds. The van der Waals surface area contributed by atoms with Crippen LogP contribution in [-0.4, -0.2) is 30.0 Å². The highest BCUT2D eigenvalue weighted by Crippen LogP contribution is 2.64. The molecule has 0 unspecified atom stereocenters. The van der Waals surface area contributed by atoms with Crippen molar-refractivity contribution in [2.45, 2.75) is 33.1 Å². The summed E-state index contributed by atoms with van der Waals surface area (Å²) in [6.45, 7) is 3.89. The van der Waals surface area contributed by atoms with Crippen molar-refractivity contribution < 1.29 is 23.2 Å². The third-order valence-electron chi connectivity index (χ3n) is 4.57. The van der Waals surface area contributed by atoms with E-state index in [2.05, 4.69) is 0 Å². The van der Waals surface area contributed by atoms with Crippen LogP contribution >= 0.6 is 0 Å². The fourth-order valence-corrected chi connectivity index (χ4v) is 4.72. The summed E-state index contributed by atoms with van der Waals surface area (Å²) in [6, 6.07) is 0. The number of Topliss-reactive ketones (excluding diaryl/α,β-unsaturated/α-hetero) is 1. The highest BCUT2D eigenvalue weighted by Gasteiger charge is 2.65. The van der Waals surface area contributed by atoms with Gasteiger partial charge in [0, 0.05) is 6.42 Å². The van der Waals surface area contributed by atoms with E-state index >= 15 is 0 Å². The van der Waals surface area contributed by atoms with Gasteiger partial charge in [-0.25, -0.2) is 0 Å². The Labute approximate surface area is 95.3 Å². The SMILES string of the molecule is CC1(C)[C@H]2CC[C@@]1(CS(=O)(=O)O)C(=O)C2.O. The molecule has 0 aliphatic heterocycles. The Balaban J connectivity index is 0.00000128. The van der Waals surface area contributed by atoms with E-state index in [0.29, 0.717) is 12.8 Å². The molecule has 0 spiro atoms. The van der Waals surface area contributed by atoms with Crippen LogP contribution in [0.2, 0.25) is 0 Å². The van der Waals surface area contributed by atoms with E-state index in [0.717, 1.165) is 6.42 Å². The van der Waals surface area contributed by atoms with E-state index in [1.165, 1.54) is 0 Å². The molecule has 3 N–H and O–H groups in total. The fourth-order valence-electron chi connectivity index (χ4n) is 3.42. The highest BCUT2D eigenvalue weighted by molar-refractivity contribution is 7.85. The summed E-state index contributed by atoms with van der Waals surface area (Å²) >= 11 is 0. The Morgan fingerprint density at radius 2 is 2.00 bits per heavy atom. The number of ketones is 1. The van der Waals surface area contributed by atoms with Crippen LogP contribution in [0, 0.1) is 16.7 Å². The largest absolute Gasteiger partial charge is 0.412 e. The maximum atomic E-state index is 11.9. The summed E-state index contributed by atoms with van der Waals surface area (Å²) in [4.78, 5) is 11.9. The van der Waals surface area contributed by atoms with Gasteiger partial charge in [-0.3, -0.25) is 9.35 Å². The molecule has 16 heavy (non-hydrogen) atoms. The van der Waals surface area contributed by atoms with Gasteiger partial charge in [-0.15, -0.1) is 0 Å². The lowest BCUT2D eigenvalue weighted by Crippen LogP contribution is -2.42. The molecule has 5 nitrogen and oxygen atoms in total. The number of hydrogen-bond acceptors (Lipinski definition) is 3. The zero-order chi connectivity index (χ0) is 11.5. The van der Waals surface area contributed by atoms with Crippen LogP contribution in [0.4, 0.5) is 0 Å². The van der Waals surface area contributed by atoms with Crippen molar-refractivity contribution in [1.82, 2.24) is 0 Å². The minimum absolute atomic E-state index is 0. The van der Waals surface area contributed by atoms with Gasteiger partial charge < -0.3 is 5.48 Å². The first-order chi connectivity index (χ1) is 6.69. The molecule has 6 heteroatoms. The molecule has 2 aliphatic carbocycles. The maximum Gasteiger partial charge on any atom is 0.265 e. The summed E-state index contributed by atoms with van der Waals surface area (Å²) in [5.74, 6) is -0.101. The first-order valence-corrected chi connectivity index (χ1v) is 6.78. The minimum Gasteiger partial charge on any atom is -0.412 e. The van der Waals surface area contributed by atoms with Crippen molar-refractivity contribution in [3.05, 3.63) is 0 Å². The highest BCUT2D eigenvalue weighted by atomic mass is 32.2. The van der Waals surface area contributed by atoms with Gasteiger partial charge in [-0.2, -0.15) is 8.42 Å². The zero-order valence-corrected chi connectivity index (χ0v) is 10.3. The van der Waals surface area contributed by atoms with E-state index in [9.17, 15) is 13.2 Å². The molecule has 0 aromatic rings. The molecule has 2 saturated carbocycles. The average molecular weight is 250 g/mol. The Hall–Kier alpha value is -0.460. The van der Waals surface area contributed by atoms with Gasteiger partial charge in [-0.05, 0) is 24.2 Å². The van der Waals surface area contributed by atoms with E-state index in [4.69, 9.17) is 4.55 Å². The van der Waals surface area contributed by atoms with Gasteiger partial charge in [0.2, 0.25) is 0 Å². The molecule has 2 atom stereocenters. The van der Waals surface area contributed by atoms with Crippen molar-refractivity contribution in [3.63, 3.8) is 0 Å². The maximum absolute atomic E-state index is 11.9. The first kappa shape index (κ1) is 13.6. The summed E-state index contributed by atoms with van der Waals surface area (Å²) in [5.41, 5.74) is -1.12. The van der Waals surface area contributed by atoms with Crippen molar-refractivity contribution in [1.29, 1.82) is 0 Å². The van der Waals surface area contributed by atoms with Crippen molar-refractivity contribution in [2.75, 3.05) is 5.75 Å². The summed E-state index contributed by atoms with van der Waals surface area (Å²) in [5, 5.41) is 0. The lowest BCUT2D eigenvalue weighted by atomic mass is 9.70. The monoisotopic (exact) mass is 250 g/mol. The lowest BCUT2D eigenvalue weighted by molar-refractivity contribution is -0.128.